The molecule has 0 aromatic heterocycles. The van der Waals surface area contributed by atoms with Gasteiger partial charge in [-0.15, -0.1) is 0 Å². The van der Waals surface area contributed by atoms with Gasteiger partial charge in [0, 0.05) is 16.3 Å². The molecule has 3 aromatic carbocycles. The number of benzene rings is 3. The SMILES string of the molecule is CCOc1ccc2ccccc2c1C=Nc1ccc(Br)cc1. The van der Waals surface area contributed by atoms with Crippen LogP contribution in [0.4, 0.5) is 5.69 Å². The van der Waals surface area contributed by atoms with E-state index in [0.29, 0.717) is 6.61 Å². The van der Waals surface area contributed by atoms with E-state index < -0.39 is 0 Å². The van der Waals surface area contributed by atoms with Crippen LogP contribution in [0.15, 0.2) is 70.1 Å². The van der Waals surface area contributed by atoms with E-state index in [1.807, 2.05) is 55.6 Å². The molecular weight excluding hydrogens is 338 g/mol. The third-order valence-corrected chi connectivity index (χ3v) is 3.93. The number of rotatable bonds is 4. The lowest BCUT2D eigenvalue weighted by atomic mass is 10.0. The lowest BCUT2D eigenvalue weighted by Gasteiger charge is -2.10. The van der Waals surface area contributed by atoms with Crippen molar-refractivity contribution in [3.8, 4) is 5.75 Å². The molecular formula is C19H16BrNO. The Balaban J connectivity index is 2.07. The molecule has 2 nitrogen and oxygen atoms in total. The van der Waals surface area contributed by atoms with Gasteiger partial charge in [0.25, 0.3) is 0 Å². The Bertz CT molecular complexity index is 809. The van der Waals surface area contributed by atoms with E-state index in [1.54, 1.807) is 0 Å². The maximum absolute atomic E-state index is 5.75. The normalized spacial score (nSPS) is 11.2. The summed E-state index contributed by atoms with van der Waals surface area (Å²) in [6, 6.07) is 20.3. The number of ether oxygens (including phenoxy) is 1. The standard InChI is InChI=1S/C19H16BrNO/c1-2-22-19-12-7-14-5-3-4-6-17(14)18(19)13-21-16-10-8-15(20)9-11-16/h3-13H,2H2,1H3. The van der Waals surface area contributed by atoms with E-state index >= 15 is 0 Å². The Labute approximate surface area is 138 Å². The molecule has 0 saturated carbocycles. The molecule has 3 aromatic rings. The van der Waals surface area contributed by atoms with Crippen molar-refractivity contribution >= 4 is 38.6 Å². The molecule has 3 heteroatoms. The van der Waals surface area contributed by atoms with Crippen molar-refractivity contribution in [3.63, 3.8) is 0 Å². The first-order valence-electron chi connectivity index (χ1n) is 7.22. The lowest BCUT2D eigenvalue weighted by molar-refractivity contribution is 0.340. The molecule has 110 valence electrons. The Kier molecular flexibility index (Phi) is 4.54. The average molecular weight is 354 g/mol. The molecule has 0 heterocycles. The first-order valence-corrected chi connectivity index (χ1v) is 8.01. The molecule has 0 aliphatic rings. The molecule has 0 amide bonds. The Morgan fingerprint density at radius 1 is 1.00 bits per heavy atom. The van der Waals surface area contributed by atoms with Gasteiger partial charge in [0.05, 0.1) is 12.3 Å². The zero-order valence-electron chi connectivity index (χ0n) is 12.3. The van der Waals surface area contributed by atoms with E-state index in [1.165, 1.54) is 5.39 Å². The first kappa shape index (κ1) is 14.8. The highest BCUT2D eigenvalue weighted by molar-refractivity contribution is 9.10. The van der Waals surface area contributed by atoms with Crippen molar-refractivity contribution in [1.29, 1.82) is 0 Å². The molecule has 0 saturated heterocycles. The van der Waals surface area contributed by atoms with Crippen LogP contribution in [-0.2, 0) is 0 Å². The van der Waals surface area contributed by atoms with Gasteiger partial charge < -0.3 is 4.74 Å². The second-order valence-corrected chi connectivity index (χ2v) is 5.78. The summed E-state index contributed by atoms with van der Waals surface area (Å²) in [6.45, 7) is 2.63. The van der Waals surface area contributed by atoms with Gasteiger partial charge in [0.15, 0.2) is 0 Å². The summed E-state index contributed by atoms with van der Waals surface area (Å²) in [5, 5.41) is 2.33. The molecule has 0 unspecified atom stereocenters. The Morgan fingerprint density at radius 3 is 2.55 bits per heavy atom. The molecule has 0 N–H and O–H groups in total. The summed E-state index contributed by atoms with van der Waals surface area (Å²) < 4.78 is 6.80. The maximum Gasteiger partial charge on any atom is 0.128 e. The van der Waals surface area contributed by atoms with Gasteiger partial charge in [-0.2, -0.15) is 0 Å². The fraction of sp³-hybridized carbons (Fsp3) is 0.105. The van der Waals surface area contributed by atoms with Gasteiger partial charge in [-0.3, -0.25) is 4.99 Å². The fourth-order valence-corrected chi connectivity index (χ4v) is 2.62. The fourth-order valence-electron chi connectivity index (χ4n) is 2.36. The van der Waals surface area contributed by atoms with Crippen molar-refractivity contribution < 1.29 is 4.74 Å². The van der Waals surface area contributed by atoms with Crippen LogP contribution >= 0.6 is 15.9 Å². The van der Waals surface area contributed by atoms with E-state index in [9.17, 15) is 0 Å². The molecule has 3 rings (SSSR count). The van der Waals surface area contributed by atoms with Crippen molar-refractivity contribution in [2.24, 2.45) is 4.99 Å². The van der Waals surface area contributed by atoms with Crippen LogP contribution in [0.2, 0.25) is 0 Å². The third-order valence-electron chi connectivity index (χ3n) is 3.40. The lowest BCUT2D eigenvalue weighted by Crippen LogP contribution is -1.97. The van der Waals surface area contributed by atoms with Crippen molar-refractivity contribution in [1.82, 2.24) is 0 Å². The quantitative estimate of drug-likeness (QED) is 0.547. The molecule has 0 atom stereocenters. The molecule has 0 fully saturated rings. The van der Waals surface area contributed by atoms with E-state index in [2.05, 4.69) is 39.1 Å². The number of fused-ring (bicyclic) bond motifs is 1. The number of nitrogens with zero attached hydrogens (tertiary/aromatic N) is 1. The zero-order chi connectivity index (χ0) is 15.4. The second kappa shape index (κ2) is 6.75. The van der Waals surface area contributed by atoms with Crippen LogP contribution in [0.3, 0.4) is 0 Å². The molecule has 22 heavy (non-hydrogen) atoms. The zero-order valence-corrected chi connectivity index (χ0v) is 13.9. The molecule has 0 spiro atoms. The summed E-state index contributed by atoms with van der Waals surface area (Å²) in [4.78, 5) is 4.58. The van der Waals surface area contributed by atoms with Crippen LogP contribution in [0.1, 0.15) is 12.5 Å². The third kappa shape index (κ3) is 3.20. The Morgan fingerprint density at radius 2 is 1.77 bits per heavy atom. The highest BCUT2D eigenvalue weighted by atomic mass is 79.9. The summed E-state index contributed by atoms with van der Waals surface area (Å²) in [6.07, 6.45) is 1.89. The average Bonchev–Trinajstić information content (AvgIpc) is 2.55. The van der Waals surface area contributed by atoms with Crippen molar-refractivity contribution in [3.05, 3.63) is 70.7 Å². The van der Waals surface area contributed by atoms with Gasteiger partial charge in [0.1, 0.15) is 5.75 Å². The summed E-state index contributed by atoms with van der Waals surface area (Å²) >= 11 is 3.43. The van der Waals surface area contributed by atoms with Gasteiger partial charge >= 0.3 is 0 Å². The number of hydrogen-bond acceptors (Lipinski definition) is 2. The van der Waals surface area contributed by atoms with Gasteiger partial charge in [0.2, 0.25) is 0 Å². The minimum Gasteiger partial charge on any atom is -0.493 e. The van der Waals surface area contributed by atoms with Crippen LogP contribution < -0.4 is 4.74 Å². The molecule has 0 aliphatic heterocycles. The summed E-state index contributed by atoms with van der Waals surface area (Å²) in [5.74, 6) is 0.863. The minimum atomic E-state index is 0.636. The van der Waals surface area contributed by atoms with E-state index in [0.717, 1.165) is 26.9 Å². The van der Waals surface area contributed by atoms with Gasteiger partial charge in [-0.1, -0.05) is 46.3 Å². The van der Waals surface area contributed by atoms with Crippen molar-refractivity contribution in [2.75, 3.05) is 6.61 Å². The first-order chi connectivity index (χ1) is 10.8. The Hall–Kier alpha value is -2.13. The summed E-state index contributed by atoms with van der Waals surface area (Å²) in [7, 11) is 0. The summed E-state index contributed by atoms with van der Waals surface area (Å²) in [5.41, 5.74) is 1.93. The van der Waals surface area contributed by atoms with Gasteiger partial charge in [-0.05, 0) is 48.0 Å². The predicted octanol–water partition coefficient (Wildman–Crippen LogP) is 5.75. The van der Waals surface area contributed by atoms with Crippen LogP contribution in [0, 0.1) is 0 Å². The number of hydrogen-bond donors (Lipinski definition) is 0. The number of aliphatic imine (C=N–C) groups is 1. The van der Waals surface area contributed by atoms with E-state index in [-0.39, 0.29) is 0 Å². The van der Waals surface area contributed by atoms with Crippen LogP contribution in [0.5, 0.6) is 5.75 Å². The topological polar surface area (TPSA) is 21.6 Å². The minimum absolute atomic E-state index is 0.636. The molecule has 0 aliphatic carbocycles. The molecule has 0 radical (unpaired) electrons. The smallest absolute Gasteiger partial charge is 0.128 e. The maximum atomic E-state index is 5.75. The van der Waals surface area contributed by atoms with Gasteiger partial charge in [-0.25, -0.2) is 0 Å². The number of halogens is 1. The molecule has 0 bridgehead atoms. The predicted molar refractivity (Wildman–Crippen MR) is 96.5 cm³/mol. The van der Waals surface area contributed by atoms with Crippen LogP contribution in [-0.4, -0.2) is 12.8 Å². The van der Waals surface area contributed by atoms with Crippen LogP contribution in [0.25, 0.3) is 10.8 Å². The highest BCUT2D eigenvalue weighted by Crippen LogP contribution is 2.27. The van der Waals surface area contributed by atoms with Crippen molar-refractivity contribution in [2.45, 2.75) is 6.92 Å². The largest absolute Gasteiger partial charge is 0.493 e. The van der Waals surface area contributed by atoms with E-state index in [4.69, 9.17) is 4.74 Å². The highest BCUT2D eigenvalue weighted by Gasteiger charge is 2.06. The monoisotopic (exact) mass is 353 g/mol. The second-order valence-electron chi connectivity index (χ2n) is 4.87.